The van der Waals surface area contributed by atoms with E-state index >= 15 is 0 Å². The van der Waals surface area contributed by atoms with E-state index in [2.05, 4.69) is 10.6 Å². The molecule has 0 radical (unpaired) electrons. The number of rotatable bonds is 5. The molecule has 1 aliphatic carbocycles. The van der Waals surface area contributed by atoms with Gasteiger partial charge in [-0.3, -0.25) is 14.4 Å². The molecule has 0 aliphatic heterocycles. The van der Waals surface area contributed by atoms with Crippen LogP contribution in [0.4, 0.5) is 11.4 Å². The van der Waals surface area contributed by atoms with Crippen molar-refractivity contribution in [3.63, 3.8) is 0 Å². The van der Waals surface area contributed by atoms with Crippen LogP contribution in [-0.4, -0.2) is 17.7 Å². The molecule has 0 bridgehead atoms. The molecule has 24 heavy (non-hydrogen) atoms. The van der Waals surface area contributed by atoms with E-state index in [9.17, 15) is 14.4 Å². The van der Waals surface area contributed by atoms with E-state index in [0.717, 1.165) is 12.8 Å². The first kappa shape index (κ1) is 15.7. The second kappa shape index (κ2) is 6.54. The van der Waals surface area contributed by atoms with Gasteiger partial charge in [-0.2, -0.15) is 0 Å². The Morgan fingerprint density at radius 3 is 2.21 bits per heavy atom. The zero-order valence-corrected chi connectivity index (χ0v) is 12.9. The van der Waals surface area contributed by atoms with Crippen LogP contribution in [0.15, 0.2) is 48.5 Å². The lowest BCUT2D eigenvalue weighted by Gasteiger charge is -2.08. The van der Waals surface area contributed by atoms with E-state index in [0.29, 0.717) is 22.5 Å². The standard InChI is InChI=1S/C18H17N3O3/c19-16(22)13-2-1-3-15(10-13)21-18(24)12-6-8-14(9-7-12)20-17(23)11-4-5-11/h1-3,6-11H,4-5H2,(H2,19,22)(H,20,23)(H,21,24). The SMILES string of the molecule is NC(=O)c1cccc(NC(=O)c2ccc(NC(=O)C3CC3)cc2)c1. The average molecular weight is 323 g/mol. The third-order valence-electron chi connectivity index (χ3n) is 3.77. The molecule has 0 unspecified atom stereocenters. The van der Waals surface area contributed by atoms with Gasteiger partial charge in [0.15, 0.2) is 0 Å². The second-order valence-electron chi connectivity index (χ2n) is 5.74. The normalized spacial score (nSPS) is 13.2. The second-order valence-corrected chi connectivity index (χ2v) is 5.74. The first-order valence-corrected chi connectivity index (χ1v) is 7.65. The van der Waals surface area contributed by atoms with Crippen LogP contribution in [0.25, 0.3) is 0 Å². The van der Waals surface area contributed by atoms with E-state index in [1.807, 2.05) is 0 Å². The summed E-state index contributed by atoms with van der Waals surface area (Å²) in [5, 5.41) is 5.53. The van der Waals surface area contributed by atoms with Crippen molar-refractivity contribution >= 4 is 29.1 Å². The van der Waals surface area contributed by atoms with E-state index in [4.69, 9.17) is 5.73 Å². The van der Waals surface area contributed by atoms with Crippen molar-refractivity contribution in [2.24, 2.45) is 11.7 Å². The smallest absolute Gasteiger partial charge is 0.255 e. The number of carbonyl (C=O) groups excluding carboxylic acids is 3. The first-order chi connectivity index (χ1) is 11.5. The molecule has 3 amide bonds. The summed E-state index contributed by atoms with van der Waals surface area (Å²) < 4.78 is 0. The monoisotopic (exact) mass is 323 g/mol. The number of carbonyl (C=O) groups is 3. The Morgan fingerprint density at radius 1 is 0.875 bits per heavy atom. The molecule has 0 spiro atoms. The quantitative estimate of drug-likeness (QED) is 0.787. The molecule has 0 atom stereocenters. The zero-order chi connectivity index (χ0) is 17.1. The molecule has 4 N–H and O–H groups in total. The molecule has 0 aromatic heterocycles. The molecule has 0 saturated heterocycles. The number of amides is 3. The summed E-state index contributed by atoms with van der Waals surface area (Å²) in [6.07, 6.45) is 1.88. The third-order valence-corrected chi connectivity index (χ3v) is 3.77. The van der Waals surface area contributed by atoms with Crippen molar-refractivity contribution in [2.75, 3.05) is 10.6 Å². The lowest BCUT2D eigenvalue weighted by Crippen LogP contribution is -2.15. The molecular weight excluding hydrogens is 306 g/mol. The summed E-state index contributed by atoms with van der Waals surface area (Å²) >= 11 is 0. The van der Waals surface area contributed by atoms with Crippen LogP contribution in [0.3, 0.4) is 0 Å². The highest BCUT2D eigenvalue weighted by Crippen LogP contribution is 2.30. The summed E-state index contributed by atoms with van der Waals surface area (Å²) in [4.78, 5) is 35.1. The molecule has 1 fully saturated rings. The first-order valence-electron chi connectivity index (χ1n) is 7.65. The summed E-state index contributed by atoms with van der Waals surface area (Å²) in [5.41, 5.74) is 7.15. The average Bonchev–Trinajstić information content (AvgIpc) is 3.40. The Hall–Kier alpha value is -3.15. The fourth-order valence-electron chi connectivity index (χ4n) is 2.25. The number of hydrogen-bond acceptors (Lipinski definition) is 3. The molecule has 3 rings (SSSR count). The summed E-state index contributed by atoms with van der Waals surface area (Å²) in [7, 11) is 0. The number of benzene rings is 2. The fourth-order valence-corrected chi connectivity index (χ4v) is 2.25. The maximum atomic E-state index is 12.2. The fraction of sp³-hybridized carbons (Fsp3) is 0.167. The Kier molecular flexibility index (Phi) is 4.29. The largest absolute Gasteiger partial charge is 0.366 e. The van der Waals surface area contributed by atoms with Gasteiger partial charge in [0.2, 0.25) is 11.8 Å². The van der Waals surface area contributed by atoms with Crippen molar-refractivity contribution in [3.8, 4) is 0 Å². The van der Waals surface area contributed by atoms with Gasteiger partial charge in [-0.25, -0.2) is 0 Å². The van der Waals surface area contributed by atoms with Crippen LogP contribution in [0.1, 0.15) is 33.6 Å². The van der Waals surface area contributed by atoms with Gasteiger partial charge in [-0.1, -0.05) is 6.07 Å². The van der Waals surface area contributed by atoms with Gasteiger partial charge in [0.05, 0.1) is 0 Å². The summed E-state index contributed by atoms with van der Waals surface area (Å²) in [6, 6.07) is 13.1. The van der Waals surface area contributed by atoms with Gasteiger partial charge in [0.1, 0.15) is 0 Å². The topological polar surface area (TPSA) is 101 Å². The highest BCUT2D eigenvalue weighted by atomic mass is 16.2. The minimum atomic E-state index is -0.554. The van der Waals surface area contributed by atoms with Crippen molar-refractivity contribution in [1.29, 1.82) is 0 Å². The number of anilines is 2. The van der Waals surface area contributed by atoms with Crippen LogP contribution in [0, 0.1) is 5.92 Å². The minimum absolute atomic E-state index is 0.0236. The van der Waals surface area contributed by atoms with Gasteiger partial charge in [0.25, 0.3) is 5.91 Å². The lowest BCUT2D eigenvalue weighted by molar-refractivity contribution is -0.117. The van der Waals surface area contributed by atoms with Gasteiger partial charge in [0, 0.05) is 28.4 Å². The van der Waals surface area contributed by atoms with Crippen LogP contribution in [0.5, 0.6) is 0 Å². The molecule has 1 saturated carbocycles. The summed E-state index contributed by atoms with van der Waals surface area (Å²) in [6.45, 7) is 0. The Morgan fingerprint density at radius 2 is 1.58 bits per heavy atom. The zero-order valence-electron chi connectivity index (χ0n) is 12.9. The van der Waals surface area contributed by atoms with Crippen molar-refractivity contribution < 1.29 is 14.4 Å². The van der Waals surface area contributed by atoms with E-state index in [1.54, 1.807) is 42.5 Å². The molecule has 6 nitrogen and oxygen atoms in total. The lowest BCUT2D eigenvalue weighted by atomic mass is 10.1. The predicted molar refractivity (Wildman–Crippen MR) is 90.7 cm³/mol. The van der Waals surface area contributed by atoms with Crippen molar-refractivity contribution in [1.82, 2.24) is 0 Å². The van der Waals surface area contributed by atoms with Gasteiger partial charge in [-0.05, 0) is 55.3 Å². The van der Waals surface area contributed by atoms with Crippen molar-refractivity contribution in [2.45, 2.75) is 12.8 Å². The molecule has 6 heteroatoms. The Labute approximate surface area is 139 Å². The minimum Gasteiger partial charge on any atom is -0.366 e. The van der Waals surface area contributed by atoms with Crippen LogP contribution < -0.4 is 16.4 Å². The highest BCUT2D eigenvalue weighted by Gasteiger charge is 2.29. The van der Waals surface area contributed by atoms with E-state index < -0.39 is 5.91 Å². The van der Waals surface area contributed by atoms with Crippen LogP contribution in [0.2, 0.25) is 0 Å². The predicted octanol–water partition coefficient (Wildman–Crippen LogP) is 2.39. The maximum absolute atomic E-state index is 12.2. The van der Waals surface area contributed by atoms with Gasteiger partial charge in [-0.15, -0.1) is 0 Å². The Balaban J connectivity index is 1.65. The molecule has 0 heterocycles. The summed E-state index contributed by atoms with van der Waals surface area (Å²) in [5.74, 6) is -0.709. The van der Waals surface area contributed by atoms with Crippen LogP contribution >= 0.6 is 0 Å². The molecular formula is C18H17N3O3. The number of primary amides is 1. The molecule has 1 aliphatic rings. The highest BCUT2D eigenvalue weighted by molar-refractivity contribution is 6.05. The Bertz CT molecular complexity index is 795. The van der Waals surface area contributed by atoms with Gasteiger partial charge < -0.3 is 16.4 Å². The molecule has 2 aromatic carbocycles. The van der Waals surface area contributed by atoms with E-state index in [1.165, 1.54) is 6.07 Å². The maximum Gasteiger partial charge on any atom is 0.255 e. The van der Waals surface area contributed by atoms with Crippen molar-refractivity contribution in [3.05, 3.63) is 59.7 Å². The number of nitrogens with two attached hydrogens (primary N) is 1. The van der Waals surface area contributed by atoms with Gasteiger partial charge >= 0.3 is 0 Å². The third kappa shape index (κ3) is 3.78. The number of hydrogen-bond donors (Lipinski definition) is 3. The van der Waals surface area contributed by atoms with Crippen LogP contribution in [-0.2, 0) is 4.79 Å². The molecule has 122 valence electrons. The van der Waals surface area contributed by atoms with E-state index in [-0.39, 0.29) is 17.7 Å². The molecule has 2 aromatic rings. The number of nitrogens with one attached hydrogen (secondary N) is 2.